The summed E-state index contributed by atoms with van der Waals surface area (Å²) in [6.07, 6.45) is 1.97. The van der Waals surface area contributed by atoms with Gasteiger partial charge in [-0.2, -0.15) is 0 Å². The van der Waals surface area contributed by atoms with Crippen molar-refractivity contribution in [2.45, 2.75) is 71.3 Å². The van der Waals surface area contributed by atoms with Crippen LogP contribution in [0.3, 0.4) is 0 Å². The largest absolute Gasteiger partial charge is 0.444 e. The van der Waals surface area contributed by atoms with Gasteiger partial charge < -0.3 is 19.5 Å². The maximum absolute atomic E-state index is 13.2. The number of amides is 3. The number of rotatable bonds is 8. The topological polar surface area (TPSA) is 153 Å². The van der Waals surface area contributed by atoms with Crippen molar-refractivity contribution < 1.29 is 38.2 Å². The second kappa shape index (κ2) is 12.0. The van der Waals surface area contributed by atoms with Crippen molar-refractivity contribution in [3.8, 4) is 0 Å². The maximum Gasteiger partial charge on any atom is 0.413 e. The monoisotopic (exact) mass is 566 g/mol. The molecule has 0 aliphatic carbocycles. The normalized spacial score (nSPS) is 19.8. The lowest BCUT2D eigenvalue weighted by molar-refractivity contribution is -0.182. The minimum Gasteiger partial charge on any atom is -0.444 e. The van der Waals surface area contributed by atoms with Crippen LogP contribution in [0.5, 0.6) is 0 Å². The van der Waals surface area contributed by atoms with Crippen LogP contribution >= 0.6 is 23.1 Å². The third-order valence-electron chi connectivity index (χ3n) is 4.99. The molecule has 206 valence electrons. The molecule has 3 heterocycles. The molecule has 0 saturated carbocycles. The Labute approximate surface area is 228 Å². The summed E-state index contributed by atoms with van der Waals surface area (Å²) in [5, 5.41) is 6.66. The molecule has 3 amide bonds. The fourth-order valence-corrected chi connectivity index (χ4v) is 5.47. The number of ether oxygens (including phenoxy) is 3. The number of nitrogens with zero attached hydrogens (tertiary/aromatic N) is 2. The number of carbonyl (C=O) groups excluding carboxylic acids is 5. The van der Waals surface area contributed by atoms with Crippen molar-refractivity contribution in [3.63, 3.8) is 0 Å². The Bertz CT molecular complexity index is 1190. The van der Waals surface area contributed by atoms with Gasteiger partial charge in [0.2, 0.25) is 6.29 Å². The van der Waals surface area contributed by atoms with Crippen molar-refractivity contribution >= 4 is 63.6 Å². The molecule has 3 atom stereocenters. The number of carbonyl (C=O) groups is 5. The summed E-state index contributed by atoms with van der Waals surface area (Å²) in [5.74, 6) is -1.98. The molecule has 0 radical (unpaired) electrons. The highest BCUT2D eigenvalue weighted by atomic mass is 32.2. The Morgan fingerprint density at radius 2 is 1.97 bits per heavy atom. The smallest absolute Gasteiger partial charge is 0.413 e. The van der Waals surface area contributed by atoms with Crippen molar-refractivity contribution in [2.24, 2.45) is 0 Å². The van der Waals surface area contributed by atoms with Gasteiger partial charge in [0.25, 0.3) is 11.8 Å². The molecule has 0 spiro atoms. The average Bonchev–Trinajstić information content (AvgIpc) is 3.25. The number of esters is 2. The Hall–Kier alpha value is -3.39. The van der Waals surface area contributed by atoms with Gasteiger partial charge in [-0.05, 0) is 33.3 Å². The highest BCUT2D eigenvalue weighted by Crippen LogP contribution is 2.38. The van der Waals surface area contributed by atoms with Crippen molar-refractivity contribution in [2.75, 3.05) is 11.1 Å². The first-order chi connectivity index (χ1) is 17.8. The summed E-state index contributed by atoms with van der Waals surface area (Å²) in [5.41, 5.74) is -0.0587. The summed E-state index contributed by atoms with van der Waals surface area (Å²) in [6, 6.07) is -0.867. The van der Waals surface area contributed by atoms with Crippen LogP contribution in [0.25, 0.3) is 5.57 Å². The minimum absolute atomic E-state index is 0.0323. The summed E-state index contributed by atoms with van der Waals surface area (Å²) < 4.78 is 15.1. The number of thioether (sulfide) groups is 1. The zero-order valence-electron chi connectivity index (χ0n) is 21.9. The number of aromatic nitrogens is 1. The van der Waals surface area contributed by atoms with Crippen molar-refractivity contribution in [3.05, 3.63) is 28.9 Å². The lowest BCUT2D eigenvalue weighted by atomic mass is 10.0. The molecule has 2 aliphatic rings. The van der Waals surface area contributed by atoms with Crippen LogP contribution in [0, 0.1) is 0 Å². The zero-order valence-corrected chi connectivity index (χ0v) is 23.5. The quantitative estimate of drug-likeness (QED) is 0.208. The van der Waals surface area contributed by atoms with E-state index in [0.717, 1.165) is 11.3 Å². The first-order valence-electron chi connectivity index (χ1n) is 11.8. The second-order valence-electron chi connectivity index (χ2n) is 9.25. The van der Waals surface area contributed by atoms with Crippen LogP contribution in [-0.4, -0.2) is 68.8 Å². The van der Waals surface area contributed by atoms with Crippen LogP contribution < -0.4 is 10.6 Å². The van der Waals surface area contributed by atoms with Crippen LogP contribution in [0.2, 0.25) is 0 Å². The molecular formula is C24H30N4O8S2. The first-order valence-corrected chi connectivity index (χ1v) is 13.7. The van der Waals surface area contributed by atoms with Gasteiger partial charge in [0.1, 0.15) is 22.7 Å². The van der Waals surface area contributed by atoms with E-state index in [4.69, 9.17) is 14.2 Å². The van der Waals surface area contributed by atoms with E-state index in [1.54, 1.807) is 38.3 Å². The molecule has 0 bridgehead atoms. The molecule has 1 aromatic rings. The molecule has 1 fully saturated rings. The average molecular weight is 567 g/mol. The molecule has 14 heteroatoms. The molecular weight excluding hydrogens is 536 g/mol. The Balaban J connectivity index is 1.66. The van der Waals surface area contributed by atoms with Gasteiger partial charge in [0.05, 0.1) is 11.3 Å². The summed E-state index contributed by atoms with van der Waals surface area (Å²) in [6.45, 7) is 9.66. The van der Waals surface area contributed by atoms with E-state index in [-0.39, 0.29) is 16.4 Å². The van der Waals surface area contributed by atoms with Crippen molar-refractivity contribution in [1.29, 1.82) is 0 Å². The van der Waals surface area contributed by atoms with E-state index in [0.29, 0.717) is 17.9 Å². The second-order valence-corrected chi connectivity index (χ2v) is 11.3. The summed E-state index contributed by atoms with van der Waals surface area (Å²) in [7, 11) is 0. The van der Waals surface area contributed by atoms with E-state index in [1.165, 1.54) is 30.5 Å². The van der Waals surface area contributed by atoms with Gasteiger partial charge in [-0.1, -0.05) is 13.0 Å². The minimum atomic E-state index is -1.12. The third kappa shape index (κ3) is 7.13. The maximum atomic E-state index is 13.2. The van der Waals surface area contributed by atoms with Crippen LogP contribution in [0.15, 0.2) is 23.2 Å². The molecule has 1 unspecified atom stereocenters. The number of thiazole rings is 1. The van der Waals surface area contributed by atoms with Gasteiger partial charge in [-0.25, -0.2) is 14.6 Å². The number of fused-ring (bicyclic) bond motifs is 1. The predicted molar refractivity (Wildman–Crippen MR) is 141 cm³/mol. The van der Waals surface area contributed by atoms with Gasteiger partial charge in [0.15, 0.2) is 5.13 Å². The lowest BCUT2D eigenvalue weighted by Gasteiger charge is -2.48. The summed E-state index contributed by atoms with van der Waals surface area (Å²) in [4.78, 5) is 67.4. The Morgan fingerprint density at radius 3 is 2.61 bits per heavy atom. The SMILES string of the molecule is CC/C=C(\C(=O)N[C@@H]1C(=O)N2C(C(=O)OC(C)OC(C)=O)=CCS[C@@H]12)c1csc(NC(=O)OC(C)(C)C)n1. The fraction of sp³-hybridized carbons (Fsp3) is 0.500. The molecule has 12 nitrogen and oxygen atoms in total. The van der Waals surface area contributed by atoms with Crippen molar-refractivity contribution in [1.82, 2.24) is 15.2 Å². The molecule has 1 aromatic heterocycles. The standard InChI is InChI=1S/C24H30N4O8S2/c1-7-8-14(15-11-38-22(25-15)27-23(33)36-24(4,5)6)18(30)26-17-19(31)28-16(9-10-37-20(17)28)21(32)35-13(3)34-12(2)29/h8-9,11,13,17,20H,7,10H2,1-6H3,(H,26,30)(H,25,27,33)/b14-8-/t13?,17-,20+/m1/s1. The van der Waals surface area contributed by atoms with E-state index in [2.05, 4.69) is 15.6 Å². The predicted octanol–water partition coefficient (Wildman–Crippen LogP) is 3.02. The molecule has 38 heavy (non-hydrogen) atoms. The first kappa shape index (κ1) is 29.2. The third-order valence-corrected chi connectivity index (χ3v) is 6.93. The zero-order chi connectivity index (χ0) is 28.2. The molecule has 2 aliphatic heterocycles. The number of anilines is 1. The van der Waals surface area contributed by atoms with Crippen LogP contribution in [0.4, 0.5) is 9.93 Å². The van der Waals surface area contributed by atoms with E-state index in [1.807, 2.05) is 6.92 Å². The van der Waals surface area contributed by atoms with Gasteiger partial charge >= 0.3 is 18.0 Å². The van der Waals surface area contributed by atoms with Gasteiger partial charge in [-0.3, -0.25) is 24.6 Å². The number of β-lactam (4-membered cyclic amide) rings is 1. The summed E-state index contributed by atoms with van der Waals surface area (Å²) >= 11 is 2.51. The number of allylic oxidation sites excluding steroid dienone is 1. The Kier molecular flexibility index (Phi) is 9.20. The molecule has 3 rings (SSSR count). The highest BCUT2D eigenvalue weighted by molar-refractivity contribution is 8.00. The van der Waals surface area contributed by atoms with E-state index in [9.17, 15) is 24.0 Å². The lowest BCUT2D eigenvalue weighted by Crippen LogP contribution is -2.70. The van der Waals surface area contributed by atoms with E-state index < -0.39 is 53.2 Å². The van der Waals surface area contributed by atoms with E-state index >= 15 is 0 Å². The fourth-order valence-electron chi connectivity index (χ4n) is 3.58. The molecule has 0 aromatic carbocycles. The van der Waals surface area contributed by atoms with Crippen LogP contribution in [-0.2, 0) is 33.4 Å². The molecule has 2 N–H and O–H groups in total. The molecule has 1 saturated heterocycles. The van der Waals surface area contributed by atoms with Crippen LogP contribution in [0.1, 0.15) is 53.7 Å². The van der Waals surface area contributed by atoms with Gasteiger partial charge in [0, 0.05) is 25.0 Å². The number of nitrogens with one attached hydrogen (secondary N) is 2. The van der Waals surface area contributed by atoms with Gasteiger partial charge in [-0.15, -0.1) is 23.1 Å². The number of hydrogen-bond donors (Lipinski definition) is 2. The number of hydrogen-bond acceptors (Lipinski definition) is 11. The Morgan fingerprint density at radius 1 is 1.26 bits per heavy atom. The highest BCUT2D eigenvalue weighted by Gasteiger charge is 2.53.